The summed E-state index contributed by atoms with van der Waals surface area (Å²) in [5.74, 6) is 0.338. The minimum Gasteiger partial charge on any atom is -0.491 e. The zero-order valence-electron chi connectivity index (χ0n) is 11.4. The van der Waals surface area contributed by atoms with Gasteiger partial charge in [-0.05, 0) is 31.5 Å². The van der Waals surface area contributed by atoms with Crippen LogP contribution in [0.5, 0.6) is 5.75 Å². The number of nitrogens with zero attached hydrogens (tertiary/aromatic N) is 2. The summed E-state index contributed by atoms with van der Waals surface area (Å²) in [4.78, 5) is 15.2. The Kier molecular flexibility index (Phi) is 5.58. The highest BCUT2D eigenvalue weighted by atomic mass is 35.5. The first kappa shape index (κ1) is 16.0. The molecule has 5 nitrogen and oxygen atoms in total. The molecule has 0 fully saturated rings. The zero-order valence-corrected chi connectivity index (χ0v) is 12.2. The molecule has 0 amide bonds. The monoisotopic (exact) mass is 296 g/mol. The van der Waals surface area contributed by atoms with E-state index in [0.29, 0.717) is 18.9 Å². The molecule has 20 heavy (non-hydrogen) atoms. The largest absolute Gasteiger partial charge is 0.491 e. The zero-order chi connectivity index (χ0) is 13.8. The smallest absolute Gasteiger partial charge is 0.339 e. The standard InChI is InChI=1S/C14H16N2O3.ClH/c1-10-3-4-12(14(17)18)13(9-10)19-8-7-16-6-5-15-11(16)2;/h3-6,9H,7-8H2,1-2H3,(H,17,18);1H. The van der Waals surface area contributed by atoms with E-state index < -0.39 is 5.97 Å². The van der Waals surface area contributed by atoms with Gasteiger partial charge in [-0.2, -0.15) is 0 Å². The number of hydrogen-bond acceptors (Lipinski definition) is 3. The average molecular weight is 297 g/mol. The Bertz CT molecular complexity index is 596. The van der Waals surface area contributed by atoms with E-state index in [1.54, 1.807) is 24.4 Å². The van der Waals surface area contributed by atoms with E-state index in [4.69, 9.17) is 9.84 Å². The van der Waals surface area contributed by atoms with Crippen molar-refractivity contribution < 1.29 is 14.6 Å². The molecule has 2 aromatic rings. The van der Waals surface area contributed by atoms with E-state index in [2.05, 4.69) is 4.98 Å². The van der Waals surface area contributed by atoms with E-state index in [1.807, 2.05) is 24.6 Å². The third-order valence-electron chi connectivity index (χ3n) is 2.88. The quantitative estimate of drug-likeness (QED) is 0.921. The maximum Gasteiger partial charge on any atom is 0.339 e. The highest BCUT2D eigenvalue weighted by Gasteiger charge is 2.11. The average Bonchev–Trinajstić information content (AvgIpc) is 2.75. The Morgan fingerprint density at radius 2 is 2.15 bits per heavy atom. The number of imidazole rings is 1. The molecule has 0 aliphatic heterocycles. The maximum absolute atomic E-state index is 11.1. The van der Waals surface area contributed by atoms with Crippen molar-refractivity contribution in [2.75, 3.05) is 6.61 Å². The van der Waals surface area contributed by atoms with Gasteiger partial charge in [0.25, 0.3) is 0 Å². The van der Waals surface area contributed by atoms with E-state index in [0.717, 1.165) is 11.4 Å². The van der Waals surface area contributed by atoms with Crippen molar-refractivity contribution in [1.29, 1.82) is 0 Å². The van der Waals surface area contributed by atoms with Crippen molar-refractivity contribution in [2.24, 2.45) is 0 Å². The number of carbonyl (C=O) groups is 1. The highest BCUT2D eigenvalue weighted by Crippen LogP contribution is 2.20. The van der Waals surface area contributed by atoms with Gasteiger partial charge in [0.1, 0.15) is 23.7 Å². The second-order valence-corrected chi connectivity index (χ2v) is 4.32. The van der Waals surface area contributed by atoms with Crippen LogP contribution in [0.3, 0.4) is 0 Å². The minimum absolute atomic E-state index is 0. The number of halogens is 1. The Hall–Kier alpha value is -2.01. The van der Waals surface area contributed by atoms with E-state index in [1.165, 1.54) is 0 Å². The number of carboxylic acids is 1. The number of aromatic carboxylic acids is 1. The van der Waals surface area contributed by atoms with E-state index in [-0.39, 0.29) is 18.0 Å². The predicted molar refractivity (Wildman–Crippen MR) is 77.8 cm³/mol. The van der Waals surface area contributed by atoms with Crippen molar-refractivity contribution in [1.82, 2.24) is 9.55 Å². The van der Waals surface area contributed by atoms with Crippen LogP contribution in [0.2, 0.25) is 0 Å². The lowest BCUT2D eigenvalue weighted by atomic mass is 10.1. The first-order chi connectivity index (χ1) is 9.08. The summed E-state index contributed by atoms with van der Waals surface area (Å²) < 4.78 is 7.53. The van der Waals surface area contributed by atoms with Crippen molar-refractivity contribution in [2.45, 2.75) is 20.4 Å². The highest BCUT2D eigenvalue weighted by molar-refractivity contribution is 5.90. The first-order valence-electron chi connectivity index (χ1n) is 6.02. The van der Waals surface area contributed by atoms with Crippen molar-refractivity contribution >= 4 is 18.4 Å². The Labute approximate surface area is 123 Å². The van der Waals surface area contributed by atoms with Crippen LogP contribution in [-0.4, -0.2) is 27.2 Å². The SMILES string of the molecule is Cc1ccc(C(=O)O)c(OCCn2ccnc2C)c1.Cl. The molecule has 0 saturated carbocycles. The molecule has 0 bridgehead atoms. The Morgan fingerprint density at radius 1 is 1.40 bits per heavy atom. The van der Waals surface area contributed by atoms with Crippen LogP contribution in [0.4, 0.5) is 0 Å². The molecular weight excluding hydrogens is 280 g/mol. The van der Waals surface area contributed by atoms with Gasteiger partial charge in [0.15, 0.2) is 0 Å². The van der Waals surface area contributed by atoms with Gasteiger partial charge in [0.05, 0.1) is 6.54 Å². The second kappa shape index (κ2) is 6.96. The van der Waals surface area contributed by atoms with E-state index in [9.17, 15) is 4.79 Å². The molecule has 0 radical (unpaired) electrons. The molecule has 0 atom stereocenters. The fourth-order valence-corrected chi connectivity index (χ4v) is 1.82. The van der Waals surface area contributed by atoms with E-state index >= 15 is 0 Å². The summed E-state index contributed by atoms with van der Waals surface area (Å²) in [5.41, 5.74) is 1.16. The second-order valence-electron chi connectivity index (χ2n) is 4.32. The summed E-state index contributed by atoms with van der Waals surface area (Å²) in [6.45, 7) is 4.85. The molecule has 1 N–H and O–H groups in total. The number of aryl methyl sites for hydroxylation is 2. The topological polar surface area (TPSA) is 64.3 Å². The van der Waals surface area contributed by atoms with Crippen LogP contribution in [0.15, 0.2) is 30.6 Å². The molecule has 1 aromatic heterocycles. The molecule has 108 valence electrons. The maximum atomic E-state index is 11.1. The first-order valence-corrected chi connectivity index (χ1v) is 6.02. The number of aromatic nitrogens is 2. The van der Waals surface area contributed by atoms with Crippen molar-refractivity contribution in [3.8, 4) is 5.75 Å². The summed E-state index contributed by atoms with van der Waals surface area (Å²) in [6.07, 6.45) is 3.59. The van der Waals surface area contributed by atoms with Crippen LogP contribution in [0.25, 0.3) is 0 Å². The van der Waals surface area contributed by atoms with Gasteiger partial charge in [0.2, 0.25) is 0 Å². The molecule has 0 aliphatic rings. The number of benzene rings is 1. The molecule has 0 saturated heterocycles. The van der Waals surface area contributed by atoms with Crippen LogP contribution >= 0.6 is 12.4 Å². The number of hydrogen-bond donors (Lipinski definition) is 1. The lowest BCUT2D eigenvalue weighted by Gasteiger charge is -2.11. The predicted octanol–water partition coefficient (Wildman–Crippen LogP) is 2.70. The molecule has 1 aromatic carbocycles. The van der Waals surface area contributed by atoms with Gasteiger partial charge in [-0.25, -0.2) is 9.78 Å². The molecule has 0 aliphatic carbocycles. The van der Waals surface area contributed by atoms with Crippen LogP contribution < -0.4 is 4.74 Å². The fraction of sp³-hybridized carbons (Fsp3) is 0.286. The minimum atomic E-state index is -0.978. The van der Waals surface area contributed by atoms with Gasteiger partial charge in [-0.3, -0.25) is 0 Å². The van der Waals surface area contributed by atoms with Gasteiger partial charge < -0.3 is 14.4 Å². The van der Waals surface area contributed by atoms with Crippen molar-refractivity contribution in [3.63, 3.8) is 0 Å². The normalized spacial score (nSPS) is 9.90. The van der Waals surface area contributed by atoms with Crippen LogP contribution in [-0.2, 0) is 6.54 Å². The number of ether oxygens (including phenoxy) is 1. The lowest BCUT2D eigenvalue weighted by molar-refractivity contribution is 0.0692. The Morgan fingerprint density at radius 3 is 2.75 bits per heavy atom. The molecule has 1 heterocycles. The van der Waals surface area contributed by atoms with Gasteiger partial charge >= 0.3 is 5.97 Å². The number of rotatable bonds is 5. The van der Waals surface area contributed by atoms with Gasteiger partial charge in [-0.15, -0.1) is 12.4 Å². The third kappa shape index (κ3) is 3.74. The van der Waals surface area contributed by atoms with Crippen LogP contribution in [0, 0.1) is 13.8 Å². The summed E-state index contributed by atoms with van der Waals surface area (Å²) >= 11 is 0. The lowest BCUT2D eigenvalue weighted by Crippen LogP contribution is -2.11. The number of carboxylic acid groups (broad SMARTS) is 1. The van der Waals surface area contributed by atoms with Crippen LogP contribution in [0.1, 0.15) is 21.7 Å². The summed E-state index contributed by atoms with van der Waals surface area (Å²) in [5, 5.41) is 9.09. The van der Waals surface area contributed by atoms with Crippen molar-refractivity contribution in [3.05, 3.63) is 47.5 Å². The molecule has 0 unspecified atom stereocenters. The summed E-state index contributed by atoms with van der Waals surface area (Å²) in [6, 6.07) is 5.07. The fourth-order valence-electron chi connectivity index (χ4n) is 1.82. The molecular formula is C14H17ClN2O3. The summed E-state index contributed by atoms with van der Waals surface area (Å²) in [7, 11) is 0. The Balaban J connectivity index is 0.00000200. The third-order valence-corrected chi connectivity index (χ3v) is 2.88. The molecule has 6 heteroatoms. The van der Waals surface area contributed by atoms with Gasteiger partial charge in [0, 0.05) is 12.4 Å². The van der Waals surface area contributed by atoms with Gasteiger partial charge in [-0.1, -0.05) is 6.07 Å². The molecule has 0 spiro atoms. The molecule has 2 rings (SSSR count).